The molecule has 12 nitrogen and oxygen atoms in total. The van der Waals surface area contributed by atoms with E-state index in [4.69, 9.17) is 10.5 Å². The minimum Gasteiger partial charge on any atom is -0.495 e. The van der Waals surface area contributed by atoms with Crippen molar-refractivity contribution in [2.24, 2.45) is 5.73 Å². The summed E-state index contributed by atoms with van der Waals surface area (Å²) in [4.78, 5) is 36.7. The molecule has 1 aromatic carbocycles. The highest BCUT2D eigenvalue weighted by atomic mass is 16.5. The minimum atomic E-state index is -1.48. The first kappa shape index (κ1) is 31.1. The first-order valence-electron chi connectivity index (χ1n) is 17.4. The second kappa shape index (κ2) is 12.6. The van der Waals surface area contributed by atoms with Gasteiger partial charge in [-0.05, 0) is 50.3 Å². The number of carbonyl (C=O) groups is 2. The number of nitrogens with zero attached hydrogens (tertiary/aromatic N) is 5. The first-order valence-corrected chi connectivity index (χ1v) is 17.4. The number of nitrogens with one attached hydrogen (secondary N) is 3. The number of rotatable bonds is 8. The molecular weight excluding hydrogens is 582 g/mol. The highest BCUT2D eigenvalue weighted by Crippen LogP contribution is 2.37. The summed E-state index contributed by atoms with van der Waals surface area (Å²) in [5.41, 5.74) is 8.89. The van der Waals surface area contributed by atoms with E-state index in [9.17, 15) is 9.59 Å². The molecular formula is C34H51N9O3. The van der Waals surface area contributed by atoms with E-state index < -0.39 is 5.91 Å². The predicted molar refractivity (Wildman–Crippen MR) is 179 cm³/mol. The molecule has 12 heteroatoms. The zero-order valence-corrected chi connectivity index (χ0v) is 27.7. The number of benzene rings is 1. The molecule has 0 bridgehead atoms. The predicted octanol–water partition coefficient (Wildman–Crippen LogP) is 2.69. The SMILES string of the molecule is CCC1CN(C)C2=C(N[C@@](N)(Nc3cc4c(ccn4C(=O)CN4CCN(C5CCCC5)CC4)cc3OC)NC2=O)N1C1CCCC1. The van der Waals surface area contributed by atoms with Crippen molar-refractivity contribution >= 4 is 28.4 Å². The Hall–Kier alpha value is -3.48. The van der Waals surface area contributed by atoms with Crippen molar-refractivity contribution in [3.05, 3.63) is 35.9 Å². The molecule has 1 saturated heterocycles. The lowest BCUT2D eigenvalue weighted by molar-refractivity contribution is -0.123. The number of likely N-dealkylation sites (N-methyl/N-ethyl adjacent to an activating group) is 1. The number of hydrogen-bond donors (Lipinski definition) is 4. The number of piperazine rings is 1. The average molecular weight is 634 g/mol. The van der Waals surface area contributed by atoms with Crippen molar-refractivity contribution in [2.75, 3.05) is 58.7 Å². The van der Waals surface area contributed by atoms with Gasteiger partial charge in [0.25, 0.3) is 5.91 Å². The van der Waals surface area contributed by atoms with Gasteiger partial charge in [-0.1, -0.05) is 32.6 Å². The first-order chi connectivity index (χ1) is 22.3. The standard InChI is InChI=1S/C34H51N9O3/c1-4-24-21-39(2)31-32(43(24)26-11-7-8-12-26)37-34(35,38-33(31)45)36-27-20-28-23(19-29(27)46-3)13-14-42(28)30(44)22-40-15-17-41(18-16-40)25-9-5-6-10-25/h13-14,19-20,24-26,36-37H,4-12,15-18,21-22,35H2,1-3H3,(H,38,45)/t24?,34-/m1/s1. The maximum atomic E-state index is 13.7. The maximum Gasteiger partial charge on any atom is 0.275 e. The van der Waals surface area contributed by atoms with Crippen LogP contribution in [0.15, 0.2) is 35.9 Å². The zero-order valence-electron chi connectivity index (χ0n) is 27.7. The Morgan fingerprint density at radius 1 is 1.04 bits per heavy atom. The summed E-state index contributed by atoms with van der Waals surface area (Å²) in [6.07, 6.45) is 12.7. The fourth-order valence-corrected chi connectivity index (χ4v) is 8.57. The van der Waals surface area contributed by atoms with Gasteiger partial charge in [0.1, 0.15) is 17.3 Å². The van der Waals surface area contributed by atoms with Crippen molar-refractivity contribution in [1.82, 2.24) is 34.8 Å². The molecule has 2 atom stereocenters. The topological polar surface area (TPSA) is 123 Å². The van der Waals surface area contributed by atoms with Gasteiger partial charge in [-0.3, -0.25) is 35.0 Å². The van der Waals surface area contributed by atoms with Gasteiger partial charge in [-0.2, -0.15) is 0 Å². The van der Waals surface area contributed by atoms with E-state index >= 15 is 0 Å². The molecule has 5 N–H and O–H groups in total. The third kappa shape index (κ3) is 5.79. The maximum absolute atomic E-state index is 13.7. The van der Waals surface area contributed by atoms with Gasteiger partial charge >= 0.3 is 0 Å². The van der Waals surface area contributed by atoms with Gasteiger partial charge in [0.05, 0.1) is 24.9 Å². The highest BCUT2D eigenvalue weighted by Gasteiger charge is 2.46. The summed E-state index contributed by atoms with van der Waals surface area (Å²) in [5, 5.41) is 10.7. The summed E-state index contributed by atoms with van der Waals surface area (Å²) in [7, 11) is 3.58. The Morgan fingerprint density at radius 2 is 1.74 bits per heavy atom. The van der Waals surface area contributed by atoms with E-state index in [1.807, 2.05) is 36.3 Å². The molecule has 3 fully saturated rings. The summed E-state index contributed by atoms with van der Waals surface area (Å²) < 4.78 is 7.50. The Labute approximate surface area is 272 Å². The van der Waals surface area contributed by atoms with Crippen LogP contribution in [0.4, 0.5) is 5.69 Å². The number of fused-ring (bicyclic) bond motifs is 1. The van der Waals surface area contributed by atoms with Crippen molar-refractivity contribution in [2.45, 2.75) is 88.7 Å². The second-order valence-corrected chi connectivity index (χ2v) is 13.9. The van der Waals surface area contributed by atoms with Crippen LogP contribution in [0, 0.1) is 0 Å². The van der Waals surface area contributed by atoms with E-state index in [0.29, 0.717) is 29.7 Å². The van der Waals surface area contributed by atoms with Crippen molar-refractivity contribution in [3.63, 3.8) is 0 Å². The molecule has 1 amide bonds. The number of hydrogen-bond acceptors (Lipinski definition) is 10. The van der Waals surface area contributed by atoms with Crippen LogP contribution in [0.2, 0.25) is 0 Å². The lowest BCUT2D eigenvalue weighted by Gasteiger charge is -2.52. The van der Waals surface area contributed by atoms with Gasteiger partial charge < -0.3 is 25.2 Å². The quantitative estimate of drug-likeness (QED) is 0.323. The molecule has 1 aromatic heterocycles. The number of anilines is 1. The number of methoxy groups -OCH3 is 1. The molecule has 2 aliphatic carbocycles. The van der Waals surface area contributed by atoms with Crippen LogP contribution < -0.4 is 26.4 Å². The molecule has 1 unspecified atom stereocenters. The largest absolute Gasteiger partial charge is 0.495 e. The number of nitrogens with two attached hydrogens (primary N) is 1. The van der Waals surface area contributed by atoms with Gasteiger partial charge in [0.2, 0.25) is 11.8 Å². The van der Waals surface area contributed by atoms with Crippen LogP contribution in [0.3, 0.4) is 0 Å². The van der Waals surface area contributed by atoms with Gasteiger partial charge in [0.15, 0.2) is 0 Å². The third-order valence-corrected chi connectivity index (χ3v) is 11.0. The molecule has 2 aromatic rings. The monoisotopic (exact) mass is 633 g/mol. The summed E-state index contributed by atoms with van der Waals surface area (Å²) in [6, 6.07) is 7.12. The Morgan fingerprint density at radius 3 is 2.41 bits per heavy atom. The molecule has 0 spiro atoms. The van der Waals surface area contributed by atoms with Crippen molar-refractivity contribution in [3.8, 4) is 5.75 Å². The molecule has 5 aliphatic rings. The van der Waals surface area contributed by atoms with E-state index in [2.05, 4.69) is 37.6 Å². The van der Waals surface area contributed by atoms with E-state index in [0.717, 1.165) is 74.8 Å². The molecule has 0 radical (unpaired) electrons. The van der Waals surface area contributed by atoms with Crippen LogP contribution in [0.25, 0.3) is 10.9 Å². The normalized spacial score (nSPS) is 26.9. The zero-order chi connectivity index (χ0) is 32.0. The molecule has 2 saturated carbocycles. The number of amides is 1. The fraction of sp³-hybridized carbons (Fsp3) is 0.647. The summed E-state index contributed by atoms with van der Waals surface area (Å²) in [5.74, 6) is -0.329. The summed E-state index contributed by atoms with van der Waals surface area (Å²) in [6.45, 7) is 7.24. The van der Waals surface area contributed by atoms with E-state index in [1.54, 1.807) is 11.7 Å². The highest BCUT2D eigenvalue weighted by molar-refractivity contribution is 5.97. The summed E-state index contributed by atoms with van der Waals surface area (Å²) >= 11 is 0. The van der Waals surface area contributed by atoms with Gasteiger partial charge in [0, 0.05) is 69.5 Å². The van der Waals surface area contributed by atoms with Gasteiger partial charge in [-0.15, -0.1) is 0 Å². The van der Waals surface area contributed by atoms with Crippen LogP contribution in [-0.4, -0.2) is 113 Å². The van der Waals surface area contributed by atoms with E-state index in [1.165, 1.54) is 38.5 Å². The molecule has 250 valence electrons. The van der Waals surface area contributed by atoms with Crippen LogP contribution in [0.5, 0.6) is 5.75 Å². The van der Waals surface area contributed by atoms with Crippen LogP contribution in [0.1, 0.15) is 69.5 Å². The lowest BCUT2D eigenvalue weighted by atomic mass is 10.0. The van der Waals surface area contributed by atoms with Crippen molar-refractivity contribution in [1.29, 1.82) is 0 Å². The van der Waals surface area contributed by atoms with Crippen LogP contribution >= 0.6 is 0 Å². The molecule has 46 heavy (non-hydrogen) atoms. The fourth-order valence-electron chi connectivity index (χ4n) is 8.57. The molecule has 7 rings (SSSR count). The average Bonchev–Trinajstić information content (AvgIpc) is 3.83. The smallest absolute Gasteiger partial charge is 0.275 e. The second-order valence-electron chi connectivity index (χ2n) is 13.9. The molecule has 4 heterocycles. The number of carbonyl (C=O) groups excluding carboxylic acids is 2. The molecule has 3 aliphatic heterocycles. The Bertz CT molecular complexity index is 1490. The third-order valence-electron chi connectivity index (χ3n) is 11.0. The lowest BCUT2D eigenvalue weighted by Crippen LogP contribution is -2.76. The number of aromatic nitrogens is 1. The van der Waals surface area contributed by atoms with Gasteiger partial charge in [-0.25, -0.2) is 0 Å². The Kier molecular flexibility index (Phi) is 8.54. The van der Waals surface area contributed by atoms with Crippen molar-refractivity contribution < 1.29 is 14.3 Å². The Balaban J connectivity index is 1.11. The van der Waals surface area contributed by atoms with E-state index in [-0.39, 0.29) is 17.9 Å². The minimum absolute atomic E-state index is 0.0323. The van der Waals surface area contributed by atoms with Crippen LogP contribution in [-0.2, 0) is 4.79 Å². The number of ether oxygens (including phenoxy) is 1.